The summed E-state index contributed by atoms with van der Waals surface area (Å²) in [5.74, 6) is 0.181. The molecule has 0 bridgehead atoms. The number of rotatable bonds is 4. The van der Waals surface area contributed by atoms with E-state index in [1.807, 2.05) is 23.1 Å². The SMILES string of the molecule is CNS(=O)(=O)c1cccc2c1CCN(C(=O)C1(c3ccccc3C)CCC1)C2. The van der Waals surface area contributed by atoms with Gasteiger partial charge in [-0.15, -0.1) is 0 Å². The van der Waals surface area contributed by atoms with Crippen molar-refractivity contribution in [3.63, 3.8) is 0 Å². The first kappa shape index (κ1) is 19.2. The highest BCUT2D eigenvalue weighted by Crippen LogP contribution is 2.47. The van der Waals surface area contributed by atoms with Crippen molar-refractivity contribution in [3.8, 4) is 0 Å². The highest BCUT2D eigenvalue weighted by atomic mass is 32.2. The summed E-state index contributed by atoms with van der Waals surface area (Å²) in [7, 11) is -2.07. The van der Waals surface area contributed by atoms with Gasteiger partial charge in [0.15, 0.2) is 0 Å². The first-order valence-electron chi connectivity index (χ1n) is 9.79. The summed E-state index contributed by atoms with van der Waals surface area (Å²) in [5.41, 5.74) is 3.64. The van der Waals surface area contributed by atoms with Gasteiger partial charge >= 0.3 is 0 Å². The van der Waals surface area contributed by atoms with Crippen molar-refractivity contribution in [3.05, 3.63) is 64.7 Å². The van der Waals surface area contributed by atoms with E-state index in [9.17, 15) is 13.2 Å². The molecule has 1 aliphatic carbocycles. The van der Waals surface area contributed by atoms with E-state index in [0.717, 1.165) is 41.5 Å². The molecule has 1 N–H and O–H groups in total. The topological polar surface area (TPSA) is 66.5 Å². The van der Waals surface area contributed by atoms with Gasteiger partial charge in [0.1, 0.15) is 0 Å². The van der Waals surface area contributed by atoms with Crippen LogP contribution in [0.5, 0.6) is 0 Å². The van der Waals surface area contributed by atoms with Crippen LogP contribution in [-0.4, -0.2) is 32.8 Å². The maximum atomic E-state index is 13.6. The molecule has 0 saturated heterocycles. The molecular weight excluding hydrogens is 372 g/mol. The first-order chi connectivity index (χ1) is 13.4. The molecule has 0 aromatic heterocycles. The first-order valence-corrected chi connectivity index (χ1v) is 11.3. The zero-order chi connectivity index (χ0) is 19.9. The lowest BCUT2D eigenvalue weighted by Crippen LogP contribution is -2.52. The molecule has 2 aromatic rings. The summed E-state index contributed by atoms with van der Waals surface area (Å²) in [4.78, 5) is 15.8. The number of hydrogen-bond acceptors (Lipinski definition) is 3. The lowest BCUT2D eigenvalue weighted by molar-refractivity contribution is -0.142. The number of amides is 1. The van der Waals surface area contributed by atoms with E-state index in [1.165, 1.54) is 7.05 Å². The molecule has 1 fully saturated rings. The van der Waals surface area contributed by atoms with Crippen LogP contribution in [0.25, 0.3) is 0 Å². The normalized spacial score (nSPS) is 18.3. The summed E-state index contributed by atoms with van der Waals surface area (Å²) in [6, 6.07) is 13.5. The fourth-order valence-corrected chi connectivity index (χ4v) is 5.69. The predicted octanol–water partition coefficient (Wildman–Crippen LogP) is 2.91. The van der Waals surface area contributed by atoms with Crippen molar-refractivity contribution in [1.29, 1.82) is 0 Å². The Labute approximate surface area is 166 Å². The van der Waals surface area contributed by atoms with Gasteiger partial charge in [0.05, 0.1) is 10.3 Å². The average molecular weight is 399 g/mol. The molecule has 1 saturated carbocycles. The van der Waals surface area contributed by atoms with Crippen LogP contribution < -0.4 is 4.72 Å². The molecule has 6 heteroatoms. The van der Waals surface area contributed by atoms with Crippen molar-refractivity contribution in [1.82, 2.24) is 9.62 Å². The van der Waals surface area contributed by atoms with Gasteiger partial charge in [0.25, 0.3) is 0 Å². The van der Waals surface area contributed by atoms with E-state index in [0.29, 0.717) is 24.4 Å². The Morgan fingerprint density at radius 2 is 1.86 bits per heavy atom. The molecule has 0 spiro atoms. The number of fused-ring (bicyclic) bond motifs is 1. The van der Waals surface area contributed by atoms with Crippen molar-refractivity contribution in [2.75, 3.05) is 13.6 Å². The van der Waals surface area contributed by atoms with Gasteiger partial charge in [0.2, 0.25) is 15.9 Å². The van der Waals surface area contributed by atoms with Crippen LogP contribution in [0.4, 0.5) is 0 Å². The molecule has 5 nitrogen and oxygen atoms in total. The second kappa shape index (κ2) is 7.01. The number of aryl methyl sites for hydroxylation is 1. The Kier molecular flexibility index (Phi) is 4.79. The smallest absolute Gasteiger partial charge is 0.240 e. The van der Waals surface area contributed by atoms with Crippen LogP contribution in [0.3, 0.4) is 0 Å². The Balaban J connectivity index is 1.66. The molecule has 2 aliphatic rings. The van der Waals surface area contributed by atoms with Gasteiger partial charge in [-0.2, -0.15) is 0 Å². The third-order valence-corrected chi connectivity index (χ3v) is 7.84. The Morgan fingerprint density at radius 1 is 1.11 bits per heavy atom. The van der Waals surface area contributed by atoms with Crippen LogP contribution in [-0.2, 0) is 33.2 Å². The minimum atomic E-state index is -3.50. The molecule has 0 atom stereocenters. The van der Waals surface area contributed by atoms with Crippen molar-refractivity contribution < 1.29 is 13.2 Å². The van der Waals surface area contributed by atoms with Crippen molar-refractivity contribution >= 4 is 15.9 Å². The Morgan fingerprint density at radius 3 is 2.50 bits per heavy atom. The molecule has 148 valence electrons. The third kappa shape index (κ3) is 2.95. The Bertz CT molecular complexity index is 1030. The summed E-state index contributed by atoms with van der Waals surface area (Å²) in [5, 5.41) is 0. The summed E-state index contributed by atoms with van der Waals surface area (Å²) in [6.07, 6.45) is 3.39. The number of benzene rings is 2. The van der Waals surface area contributed by atoms with Crippen molar-refractivity contribution in [2.24, 2.45) is 0 Å². The third-order valence-electron chi connectivity index (χ3n) is 6.35. The fraction of sp³-hybridized carbons (Fsp3) is 0.409. The minimum Gasteiger partial charge on any atom is -0.337 e. The lowest BCUT2D eigenvalue weighted by atomic mass is 9.62. The van der Waals surface area contributed by atoms with E-state index in [-0.39, 0.29) is 5.91 Å². The van der Waals surface area contributed by atoms with Crippen LogP contribution in [0.1, 0.15) is 41.5 Å². The highest BCUT2D eigenvalue weighted by Gasteiger charge is 2.48. The predicted molar refractivity (Wildman–Crippen MR) is 109 cm³/mol. The summed E-state index contributed by atoms with van der Waals surface area (Å²) in [6.45, 7) is 3.09. The molecule has 0 radical (unpaired) electrons. The standard InChI is InChI=1S/C22H26N2O3S/c1-16-7-3-4-9-19(16)22(12-6-13-22)21(25)24-14-11-18-17(15-24)8-5-10-20(18)28(26,27)23-2/h3-5,7-10,23H,6,11-15H2,1-2H3. The number of sulfonamides is 1. The van der Waals surface area contributed by atoms with Crippen LogP contribution in [0.2, 0.25) is 0 Å². The second-order valence-electron chi connectivity index (χ2n) is 7.83. The van der Waals surface area contributed by atoms with E-state index in [1.54, 1.807) is 12.1 Å². The zero-order valence-electron chi connectivity index (χ0n) is 16.4. The highest BCUT2D eigenvalue weighted by molar-refractivity contribution is 7.89. The fourth-order valence-electron chi connectivity index (χ4n) is 4.65. The zero-order valence-corrected chi connectivity index (χ0v) is 17.2. The molecule has 28 heavy (non-hydrogen) atoms. The van der Waals surface area contributed by atoms with Gasteiger partial charge < -0.3 is 4.90 Å². The van der Waals surface area contributed by atoms with Gasteiger partial charge in [-0.05, 0) is 61.6 Å². The molecule has 1 heterocycles. The van der Waals surface area contributed by atoms with Gasteiger partial charge in [-0.3, -0.25) is 4.79 Å². The molecule has 2 aromatic carbocycles. The number of carbonyl (C=O) groups is 1. The van der Waals surface area contributed by atoms with Crippen LogP contribution >= 0.6 is 0 Å². The van der Waals surface area contributed by atoms with E-state index < -0.39 is 15.4 Å². The molecule has 4 rings (SSSR count). The summed E-state index contributed by atoms with van der Waals surface area (Å²) < 4.78 is 27.1. The van der Waals surface area contributed by atoms with Gasteiger partial charge in [-0.1, -0.05) is 42.8 Å². The van der Waals surface area contributed by atoms with Crippen molar-refractivity contribution in [2.45, 2.75) is 49.5 Å². The van der Waals surface area contributed by atoms with Crippen LogP contribution in [0, 0.1) is 6.92 Å². The van der Waals surface area contributed by atoms with Gasteiger partial charge in [-0.25, -0.2) is 13.1 Å². The molecule has 0 unspecified atom stereocenters. The number of carbonyl (C=O) groups excluding carboxylic acids is 1. The van der Waals surface area contributed by atoms with Crippen LogP contribution in [0.15, 0.2) is 47.4 Å². The maximum absolute atomic E-state index is 13.6. The molecule has 1 aliphatic heterocycles. The minimum absolute atomic E-state index is 0.181. The maximum Gasteiger partial charge on any atom is 0.240 e. The van der Waals surface area contributed by atoms with E-state index in [4.69, 9.17) is 0 Å². The monoisotopic (exact) mass is 398 g/mol. The van der Waals surface area contributed by atoms with Gasteiger partial charge in [0, 0.05) is 13.1 Å². The quantitative estimate of drug-likeness (QED) is 0.861. The lowest BCUT2D eigenvalue weighted by Gasteiger charge is -2.45. The second-order valence-corrected chi connectivity index (χ2v) is 9.68. The number of nitrogens with zero attached hydrogens (tertiary/aromatic N) is 1. The van der Waals surface area contributed by atoms with E-state index in [2.05, 4.69) is 23.8 Å². The Hall–Kier alpha value is -2.18. The molecular formula is C22H26N2O3S. The number of hydrogen-bond donors (Lipinski definition) is 1. The summed E-state index contributed by atoms with van der Waals surface area (Å²) >= 11 is 0. The van der Waals surface area contributed by atoms with E-state index >= 15 is 0 Å². The average Bonchev–Trinajstić information content (AvgIpc) is 2.67. The number of nitrogens with one attached hydrogen (secondary N) is 1. The largest absolute Gasteiger partial charge is 0.337 e. The molecule has 1 amide bonds.